The molecule has 4 heterocycles. The van der Waals surface area contributed by atoms with Crippen LogP contribution in [0.25, 0.3) is 0 Å². The molecule has 26 heteroatoms. The number of nitrogens with one attached hydrogen (secondary N) is 3. The Labute approximate surface area is 560 Å². The number of aliphatic hydroxyl groups is 2. The maximum atomic E-state index is 14.5. The molecular formula is C69H96N8O16S2. The van der Waals surface area contributed by atoms with Gasteiger partial charge in [0.15, 0.2) is 12.6 Å². The van der Waals surface area contributed by atoms with Crippen molar-refractivity contribution in [3.63, 3.8) is 0 Å². The number of ether oxygens (including phenoxy) is 7. The molecule has 8 rings (SSSR count). The van der Waals surface area contributed by atoms with Crippen molar-refractivity contribution in [3.05, 3.63) is 120 Å². The molecule has 95 heavy (non-hydrogen) atoms. The number of hydrogen-bond acceptors (Lipinski definition) is 19. The summed E-state index contributed by atoms with van der Waals surface area (Å²) in [6.45, 7) is 18.1. The Morgan fingerprint density at radius 1 is 0.621 bits per heavy atom. The number of benzene rings is 4. The summed E-state index contributed by atoms with van der Waals surface area (Å²) in [7, 11) is -8.39. The first-order valence-electron chi connectivity index (χ1n) is 32.6. The molecule has 10 atom stereocenters. The van der Waals surface area contributed by atoms with E-state index in [2.05, 4.69) is 28.1 Å². The van der Waals surface area contributed by atoms with Gasteiger partial charge in [0.25, 0.3) is 0 Å². The van der Waals surface area contributed by atoms with E-state index in [1.807, 2.05) is 95.3 Å². The van der Waals surface area contributed by atoms with Crippen LogP contribution in [0.5, 0.6) is 0 Å². The van der Waals surface area contributed by atoms with Crippen LogP contribution in [-0.4, -0.2) is 174 Å². The van der Waals surface area contributed by atoms with E-state index < -0.39 is 97.5 Å². The Hall–Kier alpha value is -6.95. The second-order valence-corrected chi connectivity index (χ2v) is 30.8. The maximum absolute atomic E-state index is 14.5. The third kappa shape index (κ3) is 22.0. The van der Waals surface area contributed by atoms with Gasteiger partial charge in [-0.2, -0.15) is 19.1 Å². The predicted molar refractivity (Wildman–Crippen MR) is 355 cm³/mol. The molecule has 520 valence electrons. The number of hydrogen-bond donors (Lipinski definition) is 5. The van der Waals surface area contributed by atoms with E-state index in [1.165, 1.54) is 31.7 Å². The minimum atomic E-state index is -4.31. The SMILES string of the molecule is CCN(C(=O)OC(C)(C)C)c1cccc(S(=O)(=O)N(C[C@@H](O)[C@H](Cc2ccccc2)NC(=O)O[C@H]2CO[C@H]3OCC[C@H]32)CC(C)(C)CCC#N)c1.CCNc1cccc(S(=O)(=O)N(C[C@@H](O)[C@H](Cc2ccccc2)NC(=O)O[C@H]2CO[C@H]3OCC[C@H]32)CC(C)(C)CCC#N)c1. The number of aliphatic hydroxyl groups excluding tert-OH is 2. The minimum Gasteiger partial charge on any atom is -0.443 e. The first kappa shape index (κ1) is 75.4. The third-order valence-corrected chi connectivity index (χ3v) is 20.6. The van der Waals surface area contributed by atoms with Gasteiger partial charge < -0.3 is 59.3 Å². The molecule has 0 aliphatic carbocycles. The first-order chi connectivity index (χ1) is 45.0. The van der Waals surface area contributed by atoms with Crippen LogP contribution in [0.3, 0.4) is 0 Å². The zero-order chi connectivity index (χ0) is 69.1. The number of anilines is 2. The molecule has 4 aliphatic heterocycles. The van der Waals surface area contributed by atoms with Crippen LogP contribution < -0.4 is 20.9 Å². The van der Waals surface area contributed by atoms with E-state index in [-0.39, 0.29) is 99.5 Å². The first-order valence-corrected chi connectivity index (χ1v) is 35.5. The van der Waals surface area contributed by atoms with E-state index >= 15 is 0 Å². The van der Waals surface area contributed by atoms with Crippen molar-refractivity contribution in [2.45, 2.75) is 178 Å². The number of carbonyl (C=O) groups excluding carboxylic acids is 3. The smallest absolute Gasteiger partial charge is 0.414 e. The molecule has 0 spiro atoms. The Morgan fingerprint density at radius 2 is 1.06 bits per heavy atom. The van der Waals surface area contributed by atoms with Crippen LogP contribution in [0.4, 0.5) is 25.8 Å². The van der Waals surface area contributed by atoms with Crippen LogP contribution in [-0.2, 0) is 66.0 Å². The molecule has 3 amide bonds. The van der Waals surface area contributed by atoms with Crippen molar-refractivity contribution in [1.29, 1.82) is 10.5 Å². The molecule has 4 saturated heterocycles. The van der Waals surface area contributed by atoms with Gasteiger partial charge in [0.2, 0.25) is 20.0 Å². The molecule has 4 fully saturated rings. The number of rotatable bonds is 30. The van der Waals surface area contributed by atoms with Gasteiger partial charge in [0.1, 0.15) is 17.8 Å². The van der Waals surface area contributed by atoms with Crippen LogP contribution >= 0.6 is 0 Å². The Kier molecular flexibility index (Phi) is 27.2. The zero-order valence-corrected chi connectivity index (χ0v) is 57.7. The van der Waals surface area contributed by atoms with E-state index in [0.29, 0.717) is 50.4 Å². The van der Waals surface area contributed by atoms with Crippen molar-refractivity contribution in [2.75, 3.05) is 75.9 Å². The summed E-state index contributed by atoms with van der Waals surface area (Å²) in [4.78, 5) is 40.8. The number of nitriles is 2. The van der Waals surface area contributed by atoms with Gasteiger partial charge in [-0.25, -0.2) is 31.2 Å². The molecule has 5 N–H and O–H groups in total. The second-order valence-electron chi connectivity index (χ2n) is 27.0. The van der Waals surface area contributed by atoms with Gasteiger partial charge in [-0.1, -0.05) is 100 Å². The van der Waals surface area contributed by atoms with Crippen LogP contribution in [0.1, 0.15) is 112 Å². The Balaban J connectivity index is 0.000000271. The highest BCUT2D eigenvalue weighted by atomic mass is 32.2. The highest BCUT2D eigenvalue weighted by Gasteiger charge is 2.46. The fourth-order valence-corrected chi connectivity index (χ4v) is 15.3. The van der Waals surface area contributed by atoms with Gasteiger partial charge in [-0.15, -0.1) is 0 Å². The molecule has 0 saturated carbocycles. The van der Waals surface area contributed by atoms with Gasteiger partial charge in [-0.05, 0) is 131 Å². The largest absolute Gasteiger partial charge is 0.443 e. The molecule has 0 radical (unpaired) electrons. The van der Waals surface area contributed by atoms with Crippen molar-refractivity contribution in [3.8, 4) is 12.1 Å². The predicted octanol–water partition coefficient (Wildman–Crippen LogP) is 9.13. The number of carbonyl (C=O) groups is 3. The Morgan fingerprint density at radius 3 is 1.48 bits per heavy atom. The molecule has 4 aromatic carbocycles. The normalized spacial score (nSPS) is 20.7. The molecule has 4 aliphatic rings. The fraction of sp³-hybridized carbons (Fsp3) is 0.580. The lowest BCUT2D eigenvalue weighted by Gasteiger charge is -2.35. The van der Waals surface area contributed by atoms with Crippen LogP contribution in [0.15, 0.2) is 119 Å². The number of sulfonamides is 2. The number of fused-ring (bicyclic) bond motifs is 2. The topological polar surface area (TPSA) is 318 Å². The number of nitrogens with zero attached hydrogens (tertiary/aromatic N) is 5. The standard InChI is InChI=1S/C37H52N4O9S.C32H44N4O7S/c1-7-41(35(44)50-36(2,3)4)27-15-11-16-28(22-27)51(45,46)40(25-37(5,6)18-12-19-38)23-31(42)30(21-26-13-9-8-10-14-26)39-34(43)49-32-24-48-33-29(32)17-20-47-33;1-4-34-24-12-8-13-25(19-24)44(39,40)36(22-32(2,3)15-9-16-33)20-28(37)27(18-23-10-6-5-7-11-23)35-31(38)43-29-21-42-30-26(29)14-17-41-30/h8-11,13-16,22,29-33,42H,7,12,17-18,20-21,23-25H2,1-6H3,(H,39,43);5-8,10-13,19,26-30,34,37H,4,9,14-15,17-18,20-22H2,1-3H3,(H,35,38)/t29-,30-,31+,32-,33+;26-,27-,28+,29-,30+/m00/s1. The van der Waals surface area contributed by atoms with Gasteiger partial charge >= 0.3 is 18.3 Å². The average Bonchev–Trinajstić information content (AvgIpc) is 1.71. The van der Waals surface area contributed by atoms with E-state index in [4.69, 9.17) is 33.2 Å². The van der Waals surface area contributed by atoms with Crippen molar-refractivity contribution < 1.29 is 74.6 Å². The second kappa shape index (κ2) is 34.3. The fourth-order valence-electron chi connectivity index (χ4n) is 11.9. The minimum absolute atomic E-state index is 0.0349. The summed E-state index contributed by atoms with van der Waals surface area (Å²) >= 11 is 0. The van der Waals surface area contributed by atoms with E-state index in [9.17, 15) is 52.0 Å². The molecule has 0 aromatic heterocycles. The summed E-state index contributed by atoms with van der Waals surface area (Å²) in [6.07, 6.45) is -3.33. The lowest BCUT2D eigenvalue weighted by Crippen LogP contribution is -2.52. The van der Waals surface area contributed by atoms with Gasteiger partial charge in [-0.3, -0.25) is 4.90 Å². The zero-order valence-electron chi connectivity index (χ0n) is 56.1. The summed E-state index contributed by atoms with van der Waals surface area (Å²) < 4.78 is 98.9. The highest BCUT2D eigenvalue weighted by Crippen LogP contribution is 2.36. The van der Waals surface area contributed by atoms with Gasteiger partial charge in [0, 0.05) is 63.5 Å². The maximum Gasteiger partial charge on any atom is 0.414 e. The van der Waals surface area contributed by atoms with Gasteiger partial charge in [0.05, 0.1) is 84.5 Å². The highest BCUT2D eigenvalue weighted by molar-refractivity contribution is 7.89. The van der Waals surface area contributed by atoms with E-state index in [1.54, 1.807) is 58.0 Å². The molecule has 4 aromatic rings. The summed E-state index contributed by atoms with van der Waals surface area (Å²) in [5.41, 5.74) is 0.678. The van der Waals surface area contributed by atoms with Crippen molar-refractivity contribution in [1.82, 2.24) is 19.2 Å². The quantitative estimate of drug-likeness (QED) is 0.0304. The number of alkyl carbamates (subject to hydrolysis) is 2. The van der Waals surface area contributed by atoms with Crippen molar-refractivity contribution in [2.24, 2.45) is 22.7 Å². The summed E-state index contributed by atoms with van der Waals surface area (Å²) in [5.74, 6) is -0.133. The molecule has 24 nitrogen and oxygen atoms in total. The van der Waals surface area contributed by atoms with E-state index in [0.717, 1.165) is 17.5 Å². The lowest BCUT2D eigenvalue weighted by atomic mass is 9.88. The monoisotopic (exact) mass is 1360 g/mol. The lowest BCUT2D eigenvalue weighted by molar-refractivity contribution is -0.0909. The van der Waals surface area contributed by atoms with Crippen LogP contribution in [0.2, 0.25) is 0 Å². The average molecular weight is 1360 g/mol. The van der Waals surface area contributed by atoms with Crippen molar-refractivity contribution >= 4 is 49.7 Å². The molecule has 0 unspecified atom stereocenters. The third-order valence-electron chi connectivity index (χ3n) is 17.0. The molecule has 0 bridgehead atoms. The summed E-state index contributed by atoms with van der Waals surface area (Å²) in [6, 6.07) is 33.6. The summed E-state index contributed by atoms with van der Waals surface area (Å²) in [5, 5.41) is 50.7. The Bertz CT molecular complexity index is 3460. The van der Waals surface area contributed by atoms with Crippen LogP contribution in [0, 0.1) is 45.3 Å². The number of amides is 3. The molecular weight excluding hydrogens is 1260 g/mol.